The summed E-state index contributed by atoms with van der Waals surface area (Å²) in [5, 5.41) is 16.8. The summed E-state index contributed by atoms with van der Waals surface area (Å²) in [6.07, 6.45) is -2.93. The lowest BCUT2D eigenvalue weighted by Crippen LogP contribution is -2.33. The standard InChI is InChI=1S/C20H21F4N3O3S/c1-3-12(2)13-4-6-14(7-5-13)25-19(31)26-15-8-16(27(28)29)10-17(9-15)30-11-20(23,24)18(21)22/h4-10,12,18H,3,11H2,1-2H3,(H2,25,26,31)/t12-/m0/s1. The monoisotopic (exact) mass is 459 g/mol. The van der Waals surface area contributed by atoms with Crippen LogP contribution in [0.4, 0.5) is 34.6 Å². The second-order valence-electron chi connectivity index (χ2n) is 6.83. The van der Waals surface area contributed by atoms with E-state index in [-0.39, 0.29) is 16.5 Å². The highest BCUT2D eigenvalue weighted by Crippen LogP contribution is 2.29. The number of nitrogens with one attached hydrogen (secondary N) is 2. The number of nitrogens with zero attached hydrogens (tertiary/aromatic N) is 1. The van der Waals surface area contributed by atoms with Gasteiger partial charge >= 0.3 is 12.3 Å². The van der Waals surface area contributed by atoms with Crippen molar-refractivity contribution in [3.8, 4) is 5.75 Å². The molecule has 2 rings (SSSR count). The lowest BCUT2D eigenvalue weighted by atomic mass is 9.99. The summed E-state index contributed by atoms with van der Waals surface area (Å²) in [7, 11) is 0. The summed E-state index contributed by atoms with van der Waals surface area (Å²) in [5.41, 5.74) is 1.41. The maximum absolute atomic E-state index is 13.1. The van der Waals surface area contributed by atoms with Crippen LogP contribution in [0.1, 0.15) is 31.7 Å². The number of nitro groups is 1. The minimum Gasteiger partial charge on any atom is -0.487 e. The molecule has 11 heteroatoms. The number of benzene rings is 2. The molecule has 0 radical (unpaired) electrons. The average molecular weight is 459 g/mol. The van der Waals surface area contributed by atoms with Crippen LogP contribution in [0.3, 0.4) is 0 Å². The fourth-order valence-electron chi connectivity index (χ4n) is 2.51. The number of hydrogen-bond donors (Lipinski definition) is 2. The van der Waals surface area contributed by atoms with Crippen molar-refractivity contribution < 1.29 is 27.2 Å². The molecule has 0 spiro atoms. The summed E-state index contributed by atoms with van der Waals surface area (Å²) in [6, 6.07) is 10.7. The Kier molecular flexibility index (Phi) is 8.14. The van der Waals surface area contributed by atoms with Crippen LogP contribution in [0.25, 0.3) is 0 Å². The summed E-state index contributed by atoms with van der Waals surface area (Å²) in [4.78, 5) is 10.3. The van der Waals surface area contributed by atoms with Gasteiger partial charge in [-0.3, -0.25) is 10.1 Å². The molecule has 6 nitrogen and oxygen atoms in total. The molecule has 0 fully saturated rings. The number of halogens is 4. The zero-order chi connectivity index (χ0) is 23.2. The van der Waals surface area contributed by atoms with Crippen LogP contribution in [-0.4, -0.2) is 29.0 Å². The molecule has 0 unspecified atom stereocenters. The molecule has 0 aliphatic rings. The molecule has 0 heterocycles. The Morgan fingerprint density at radius 1 is 1.16 bits per heavy atom. The zero-order valence-electron chi connectivity index (χ0n) is 16.7. The van der Waals surface area contributed by atoms with Crippen molar-refractivity contribution in [1.82, 2.24) is 0 Å². The highest BCUT2D eigenvalue weighted by atomic mass is 32.1. The highest BCUT2D eigenvalue weighted by molar-refractivity contribution is 7.80. The Morgan fingerprint density at radius 3 is 2.32 bits per heavy atom. The van der Waals surface area contributed by atoms with Gasteiger partial charge in [-0.25, -0.2) is 8.78 Å². The summed E-state index contributed by atoms with van der Waals surface area (Å²) < 4.78 is 55.4. The molecular formula is C20H21F4N3O3S. The van der Waals surface area contributed by atoms with Crippen molar-refractivity contribution >= 4 is 34.4 Å². The average Bonchev–Trinajstić information content (AvgIpc) is 2.72. The summed E-state index contributed by atoms with van der Waals surface area (Å²) in [6.45, 7) is 2.56. The largest absolute Gasteiger partial charge is 0.487 e. The molecule has 2 aromatic carbocycles. The van der Waals surface area contributed by atoms with Crippen molar-refractivity contribution in [1.29, 1.82) is 0 Å². The number of anilines is 2. The van der Waals surface area contributed by atoms with Gasteiger partial charge in [-0.15, -0.1) is 0 Å². The van der Waals surface area contributed by atoms with Crippen molar-refractivity contribution in [2.75, 3.05) is 17.2 Å². The lowest BCUT2D eigenvalue weighted by Gasteiger charge is -2.17. The number of rotatable bonds is 9. The first-order valence-corrected chi connectivity index (χ1v) is 9.69. The van der Waals surface area contributed by atoms with Gasteiger partial charge in [0.1, 0.15) is 5.75 Å². The van der Waals surface area contributed by atoms with E-state index in [1.165, 1.54) is 0 Å². The van der Waals surface area contributed by atoms with E-state index in [0.717, 1.165) is 30.2 Å². The molecule has 0 bridgehead atoms. The topological polar surface area (TPSA) is 76.4 Å². The predicted molar refractivity (Wildman–Crippen MR) is 115 cm³/mol. The first-order chi connectivity index (χ1) is 14.5. The minimum absolute atomic E-state index is 0.0679. The third kappa shape index (κ3) is 7.06. The molecule has 0 aliphatic heterocycles. The van der Waals surface area contributed by atoms with Gasteiger partial charge in [-0.05, 0) is 42.3 Å². The molecule has 31 heavy (non-hydrogen) atoms. The third-order valence-electron chi connectivity index (χ3n) is 4.46. The van der Waals surface area contributed by atoms with Crippen LogP contribution < -0.4 is 15.4 Å². The van der Waals surface area contributed by atoms with Crippen LogP contribution in [0.2, 0.25) is 0 Å². The van der Waals surface area contributed by atoms with Gasteiger partial charge in [0.05, 0.1) is 16.7 Å². The second kappa shape index (κ2) is 10.4. The number of nitro benzene ring substituents is 1. The molecule has 2 N–H and O–H groups in total. The fraction of sp³-hybridized carbons (Fsp3) is 0.350. The number of hydrogen-bond acceptors (Lipinski definition) is 4. The van der Waals surface area contributed by atoms with Crippen molar-refractivity contribution in [2.45, 2.75) is 38.5 Å². The van der Waals surface area contributed by atoms with Crippen molar-refractivity contribution in [3.05, 3.63) is 58.1 Å². The van der Waals surface area contributed by atoms with Crippen molar-refractivity contribution in [2.24, 2.45) is 0 Å². The van der Waals surface area contributed by atoms with Crippen LogP contribution in [-0.2, 0) is 0 Å². The van der Waals surface area contributed by atoms with Gasteiger partial charge in [0.2, 0.25) is 0 Å². The molecule has 168 valence electrons. The summed E-state index contributed by atoms with van der Waals surface area (Å²) >= 11 is 5.18. The Morgan fingerprint density at radius 2 is 1.77 bits per heavy atom. The smallest absolute Gasteiger partial charge is 0.340 e. The molecule has 0 aliphatic carbocycles. The van der Waals surface area contributed by atoms with Gasteiger partial charge in [-0.2, -0.15) is 8.78 Å². The molecule has 2 aromatic rings. The maximum Gasteiger partial charge on any atom is 0.340 e. The van der Waals surface area contributed by atoms with Crippen molar-refractivity contribution in [3.63, 3.8) is 0 Å². The molecule has 0 aromatic heterocycles. The van der Waals surface area contributed by atoms with E-state index in [1.54, 1.807) is 0 Å². The van der Waals surface area contributed by atoms with E-state index >= 15 is 0 Å². The molecular weight excluding hydrogens is 438 g/mol. The van der Waals surface area contributed by atoms with E-state index < -0.39 is 29.6 Å². The van der Waals surface area contributed by atoms with Crippen LogP contribution >= 0.6 is 12.2 Å². The van der Waals surface area contributed by atoms with E-state index in [9.17, 15) is 27.7 Å². The second-order valence-corrected chi connectivity index (χ2v) is 7.24. The van der Waals surface area contributed by atoms with Gasteiger partial charge in [-0.1, -0.05) is 26.0 Å². The number of alkyl halides is 4. The van der Waals surface area contributed by atoms with Crippen LogP contribution in [0.5, 0.6) is 5.75 Å². The minimum atomic E-state index is -4.39. The maximum atomic E-state index is 13.1. The first-order valence-electron chi connectivity index (χ1n) is 9.28. The molecule has 0 saturated heterocycles. The normalized spacial score (nSPS) is 12.4. The fourth-order valence-corrected chi connectivity index (χ4v) is 2.75. The van der Waals surface area contributed by atoms with E-state index in [0.29, 0.717) is 11.6 Å². The van der Waals surface area contributed by atoms with Gasteiger partial charge in [0, 0.05) is 17.8 Å². The van der Waals surface area contributed by atoms with Gasteiger partial charge in [0.15, 0.2) is 11.7 Å². The quantitative estimate of drug-likeness (QED) is 0.201. The third-order valence-corrected chi connectivity index (χ3v) is 4.66. The van der Waals surface area contributed by atoms with E-state index in [1.807, 2.05) is 24.3 Å². The van der Waals surface area contributed by atoms with Crippen LogP contribution in [0, 0.1) is 10.1 Å². The Bertz CT molecular complexity index is 926. The zero-order valence-corrected chi connectivity index (χ0v) is 17.5. The molecule has 0 amide bonds. The Hall–Kier alpha value is -2.95. The predicted octanol–water partition coefficient (Wildman–Crippen LogP) is 6.20. The van der Waals surface area contributed by atoms with E-state index in [2.05, 4.69) is 29.2 Å². The van der Waals surface area contributed by atoms with Gasteiger partial charge < -0.3 is 15.4 Å². The highest BCUT2D eigenvalue weighted by Gasteiger charge is 2.41. The summed E-state index contributed by atoms with van der Waals surface area (Å²) in [5.74, 6) is -4.37. The Labute approximate surface area is 181 Å². The lowest BCUT2D eigenvalue weighted by molar-refractivity contribution is -0.384. The van der Waals surface area contributed by atoms with E-state index in [4.69, 9.17) is 12.2 Å². The molecule has 0 saturated carbocycles. The first kappa shape index (κ1) is 24.3. The number of non-ortho nitro benzene ring substituents is 1. The Balaban J connectivity index is 2.11. The number of ether oxygens (including phenoxy) is 1. The molecule has 1 atom stereocenters. The SMILES string of the molecule is CC[C@H](C)c1ccc(NC(=S)Nc2cc(OCC(F)(F)C(F)F)cc([N+](=O)[O-])c2)cc1. The van der Waals surface area contributed by atoms with Gasteiger partial charge in [0.25, 0.3) is 5.69 Å². The number of thiocarbonyl (C=S) groups is 1. The van der Waals surface area contributed by atoms with Crippen LogP contribution in [0.15, 0.2) is 42.5 Å².